The van der Waals surface area contributed by atoms with Gasteiger partial charge in [-0.15, -0.1) is 0 Å². The van der Waals surface area contributed by atoms with E-state index in [9.17, 15) is 9.59 Å². The van der Waals surface area contributed by atoms with Gasteiger partial charge < -0.3 is 16.2 Å². The number of carbonyl (C=O) groups is 2. The Balaban J connectivity index is 2.62. The minimum atomic E-state index is -1.08. The molecule has 1 amide bonds. The lowest BCUT2D eigenvalue weighted by Crippen LogP contribution is -2.17. The number of carboxylic acid groups (broad SMARTS) is 1. The zero-order valence-corrected chi connectivity index (χ0v) is 11.2. The van der Waals surface area contributed by atoms with E-state index in [4.69, 9.17) is 10.8 Å². The Morgan fingerprint density at radius 2 is 2.22 bits per heavy atom. The second-order valence-electron chi connectivity index (χ2n) is 4.20. The van der Waals surface area contributed by atoms with Crippen LogP contribution in [0.5, 0.6) is 0 Å². The molecule has 6 nitrogen and oxygen atoms in total. The van der Waals surface area contributed by atoms with E-state index < -0.39 is 5.97 Å². The number of amides is 1. The molecule has 0 aliphatic carbocycles. The first kappa shape index (κ1) is 14.6. The molecule has 0 aliphatic heterocycles. The lowest BCUT2D eigenvalue weighted by atomic mass is 10.1. The Hall–Kier alpha value is -1.47. The fourth-order valence-electron chi connectivity index (χ4n) is 1.39. The van der Waals surface area contributed by atoms with Crippen molar-refractivity contribution >= 4 is 28.4 Å². The average Bonchev–Trinajstić information content (AvgIpc) is 2.67. The van der Waals surface area contributed by atoms with Crippen LogP contribution in [0.2, 0.25) is 0 Å². The van der Waals surface area contributed by atoms with Gasteiger partial charge in [-0.2, -0.15) is 4.37 Å². The van der Waals surface area contributed by atoms with Crippen molar-refractivity contribution in [1.29, 1.82) is 0 Å². The number of hydrogen-bond acceptors (Lipinski definition) is 5. The van der Waals surface area contributed by atoms with Crippen LogP contribution in [-0.2, 0) is 4.79 Å². The monoisotopic (exact) mass is 271 g/mol. The van der Waals surface area contributed by atoms with E-state index in [-0.39, 0.29) is 17.4 Å². The summed E-state index contributed by atoms with van der Waals surface area (Å²) in [6, 6.07) is 0. The van der Waals surface area contributed by atoms with Crippen molar-refractivity contribution < 1.29 is 14.7 Å². The largest absolute Gasteiger partial charge is 0.478 e. The first-order chi connectivity index (χ1) is 8.45. The van der Waals surface area contributed by atoms with Gasteiger partial charge in [0.2, 0.25) is 5.91 Å². The second kappa shape index (κ2) is 6.46. The van der Waals surface area contributed by atoms with Crippen molar-refractivity contribution in [2.75, 3.05) is 11.9 Å². The zero-order valence-electron chi connectivity index (χ0n) is 10.4. The summed E-state index contributed by atoms with van der Waals surface area (Å²) in [5.74, 6) is -1.01. The normalized spacial score (nSPS) is 12.2. The number of nitrogens with two attached hydrogens (primary N) is 1. The van der Waals surface area contributed by atoms with Gasteiger partial charge in [-0.1, -0.05) is 6.92 Å². The summed E-state index contributed by atoms with van der Waals surface area (Å²) >= 11 is 0.985. The van der Waals surface area contributed by atoms with Crippen molar-refractivity contribution in [3.05, 3.63) is 11.3 Å². The van der Waals surface area contributed by atoms with Crippen LogP contribution < -0.4 is 11.1 Å². The predicted octanol–water partition coefficient (Wildman–Crippen LogP) is 1.46. The van der Waals surface area contributed by atoms with Crippen molar-refractivity contribution in [3.63, 3.8) is 0 Å². The number of rotatable bonds is 6. The van der Waals surface area contributed by atoms with Gasteiger partial charge >= 0.3 is 5.97 Å². The summed E-state index contributed by atoms with van der Waals surface area (Å²) in [6.45, 7) is 4.10. The van der Waals surface area contributed by atoms with Crippen LogP contribution in [0.3, 0.4) is 0 Å². The minimum absolute atomic E-state index is 0.0697. The van der Waals surface area contributed by atoms with E-state index in [2.05, 4.69) is 9.69 Å². The highest BCUT2D eigenvalue weighted by Crippen LogP contribution is 2.24. The van der Waals surface area contributed by atoms with Crippen LogP contribution in [0.25, 0.3) is 0 Å². The standard InChI is InChI=1S/C11H17N3O3S/c1-6(5-12)3-4-8(15)13-10-9(11(16)17)7(2)14-18-10/h6H,3-5,12H2,1-2H3,(H,13,15)(H,16,17). The Kier molecular flexibility index (Phi) is 5.24. The summed E-state index contributed by atoms with van der Waals surface area (Å²) in [5, 5.41) is 11.9. The van der Waals surface area contributed by atoms with Gasteiger partial charge in [0.1, 0.15) is 10.6 Å². The molecule has 0 radical (unpaired) electrons. The number of carboxylic acids is 1. The Labute approximate surface area is 109 Å². The van der Waals surface area contributed by atoms with Gasteiger partial charge in [0, 0.05) is 6.42 Å². The fourth-order valence-corrected chi connectivity index (χ4v) is 2.20. The molecular weight excluding hydrogens is 254 g/mol. The molecule has 1 aromatic rings. The summed E-state index contributed by atoms with van der Waals surface area (Å²) in [4.78, 5) is 22.6. The number of nitrogens with one attached hydrogen (secondary N) is 1. The average molecular weight is 271 g/mol. The summed E-state index contributed by atoms with van der Waals surface area (Å²) in [7, 11) is 0. The number of hydrogen-bond donors (Lipinski definition) is 3. The van der Waals surface area contributed by atoms with Crippen LogP contribution in [0, 0.1) is 12.8 Å². The summed E-state index contributed by atoms with van der Waals surface area (Å²) < 4.78 is 3.93. The number of carbonyl (C=O) groups excluding carboxylic acids is 1. The van der Waals surface area contributed by atoms with Gasteiger partial charge in [-0.25, -0.2) is 4.79 Å². The number of aromatic nitrogens is 1. The predicted molar refractivity (Wildman–Crippen MR) is 69.9 cm³/mol. The smallest absolute Gasteiger partial charge is 0.340 e. The van der Waals surface area contributed by atoms with Crippen molar-refractivity contribution in [2.24, 2.45) is 11.7 Å². The summed E-state index contributed by atoms with van der Waals surface area (Å²) in [6.07, 6.45) is 1.01. The lowest BCUT2D eigenvalue weighted by molar-refractivity contribution is -0.116. The topological polar surface area (TPSA) is 105 Å². The third-order valence-electron chi connectivity index (χ3n) is 2.60. The van der Waals surface area contributed by atoms with Gasteiger partial charge in [-0.3, -0.25) is 4.79 Å². The zero-order chi connectivity index (χ0) is 13.7. The molecule has 1 atom stereocenters. The van der Waals surface area contributed by atoms with Crippen molar-refractivity contribution in [1.82, 2.24) is 4.37 Å². The van der Waals surface area contributed by atoms with Crippen LogP contribution in [0.1, 0.15) is 35.8 Å². The molecule has 0 fully saturated rings. The molecular formula is C11H17N3O3S. The Morgan fingerprint density at radius 1 is 1.56 bits per heavy atom. The van der Waals surface area contributed by atoms with Crippen LogP contribution >= 0.6 is 11.5 Å². The van der Waals surface area contributed by atoms with E-state index >= 15 is 0 Å². The van der Waals surface area contributed by atoms with Crippen LogP contribution in [0.4, 0.5) is 5.00 Å². The van der Waals surface area contributed by atoms with Crippen molar-refractivity contribution in [3.8, 4) is 0 Å². The molecule has 1 rings (SSSR count). The lowest BCUT2D eigenvalue weighted by Gasteiger charge is -2.07. The molecule has 0 saturated heterocycles. The Bertz CT molecular complexity index is 445. The molecule has 0 bridgehead atoms. The maximum Gasteiger partial charge on any atom is 0.340 e. The molecule has 1 heterocycles. The highest BCUT2D eigenvalue weighted by Gasteiger charge is 2.19. The SMILES string of the molecule is Cc1nsc(NC(=O)CCC(C)CN)c1C(=O)O. The quantitative estimate of drug-likeness (QED) is 0.726. The highest BCUT2D eigenvalue weighted by atomic mass is 32.1. The van der Waals surface area contributed by atoms with Gasteiger partial charge in [0.15, 0.2) is 0 Å². The molecule has 0 aromatic carbocycles. The number of nitrogens with zero attached hydrogens (tertiary/aromatic N) is 1. The van der Waals surface area contributed by atoms with E-state index in [0.717, 1.165) is 11.5 Å². The second-order valence-corrected chi connectivity index (χ2v) is 4.98. The Morgan fingerprint density at radius 3 is 2.78 bits per heavy atom. The van der Waals surface area contributed by atoms with Crippen LogP contribution in [0.15, 0.2) is 0 Å². The highest BCUT2D eigenvalue weighted by molar-refractivity contribution is 7.11. The van der Waals surface area contributed by atoms with E-state index in [0.29, 0.717) is 30.1 Å². The molecule has 1 aromatic heterocycles. The fraction of sp³-hybridized carbons (Fsp3) is 0.545. The van der Waals surface area contributed by atoms with Gasteiger partial charge in [0.25, 0.3) is 0 Å². The molecule has 100 valence electrons. The maximum atomic E-state index is 11.7. The summed E-state index contributed by atoms with van der Waals surface area (Å²) in [5.41, 5.74) is 5.95. The maximum absolute atomic E-state index is 11.7. The molecule has 18 heavy (non-hydrogen) atoms. The molecule has 4 N–H and O–H groups in total. The molecule has 0 aliphatic rings. The molecule has 7 heteroatoms. The number of aromatic carboxylic acids is 1. The number of aryl methyl sites for hydroxylation is 1. The minimum Gasteiger partial charge on any atom is -0.478 e. The molecule has 0 saturated carbocycles. The van der Waals surface area contributed by atoms with E-state index in [1.807, 2.05) is 6.92 Å². The van der Waals surface area contributed by atoms with Crippen molar-refractivity contribution in [2.45, 2.75) is 26.7 Å². The first-order valence-corrected chi connectivity index (χ1v) is 6.42. The molecule has 1 unspecified atom stereocenters. The first-order valence-electron chi connectivity index (χ1n) is 5.65. The molecule has 0 spiro atoms. The van der Waals surface area contributed by atoms with Gasteiger partial charge in [0.05, 0.1) is 5.69 Å². The van der Waals surface area contributed by atoms with Gasteiger partial charge in [-0.05, 0) is 37.3 Å². The third kappa shape index (κ3) is 3.78. The number of anilines is 1. The van der Waals surface area contributed by atoms with E-state index in [1.165, 1.54) is 0 Å². The van der Waals surface area contributed by atoms with Crippen LogP contribution in [-0.4, -0.2) is 27.9 Å². The third-order valence-corrected chi connectivity index (χ3v) is 3.45. The van der Waals surface area contributed by atoms with E-state index in [1.54, 1.807) is 6.92 Å².